The van der Waals surface area contributed by atoms with Crippen LogP contribution in [0.2, 0.25) is 0 Å². The van der Waals surface area contributed by atoms with Gasteiger partial charge in [-0.15, -0.1) is 0 Å². The van der Waals surface area contributed by atoms with Crippen molar-refractivity contribution in [2.24, 2.45) is 5.84 Å². The van der Waals surface area contributed by atoms with E-state index in [4.69, 9.17) is 5.84 Å². The fourth-order valence-electron chi connectivity index (χ4n) is 0.896. The Balaban J connectivity index is 2.88. The molecule has 0 saturated heterocycles. The maximum Gasteiger partial charge on any atom is 0.267 e. The SMILES string of the molecule is Cc1[nH][nH]c(=O)c1CC(=O)NN. The molecule has 1 amide bonds. The van der Waals surface area contributed by atoms with Gasteiger partial charge >= 0.3 is 0 Å². The molecule has 0 unspecified atom stereocenters. The molecule has 1 aromatic heterocycles. The monoisotopic (exact) mass is 170 g/mol. The maximum atomic E-state index is 11.0. The number of hydrogen-bond donors (Lipinski definition) is 4. The quantitative estimate of drug-likeness (QED) is 0.248. The standard InChI is InChI=1S/C6H10N4O2/c1-3-4(2-5(11)8-7)6(12)10-9-3/h2,7H2,1H3,(H,8,11)(H2,9,10,12). The second-order valence-electron chi connectivity index (χ2n) is 2.43. The number of nitrogens with two attached hydrogens (primary N) is 1. The number of carbonyl (C=O) groups is 1. The molecule has 0 aliphatic carbocycles. The van der Waals surface area contributed by atoms with Crippen LogP contribution in [0, 0.1) is 6.92 Å². The van der Waals surface area contributed by atoms with Crippen molar-refractivity contribution < 1.29 is 4.79 Å². The summed E-state index contributed by atoms with van der Waals surface area (Å²) in [6.45, 7) is 1.71. The normalized spacial score (nSPS) is 9.83. The second kappa shape index (κ2) is 3.22. The number of aromatic nitrogens is 2. The molecule has 5 N–H and O–H groups in total. The Labute approximate surface area is 68.1 Å². The molecule has 1 heterocycles. The van der Waals surface area contributed by atoms with Crippen LogP contribution in [-0.4, -0.2) is 16.1 Å². The Morgan fingerprint density at radius 2 is 2.25 bits per heavy atom. The lowest BCUT2D eigenvalue weighted by atomic mass is 10.2. The van der Waals surface area contributed by atoms with Crippen LogP contribution < -0.4 is 16.8 Å². The third-order valence-corrected chi connectivity index (χ3v) is 1.59. The van der Waals surface area contributed by atoms with E-state index < -0.39 is 0 Å². The van der Waals surface area contributed by atoms with Crippen molar-refractivity contribution in [1.29, 1.82) is 0 Å². The summed E-state index contributed by atoms with van der Waals surface area (Å²) in [5.41, 5.74) is 2.74. The summed E-state index contributed by atoms with van der Waals surface area (Å²) in [5, 5.41) is 4.97. The van der Waals surface area contributed by atoms with Crippen molar-refractivity contribution in [1.82, 2.24) is 15.6 Å². The van der Waals surface area contributed by atoms with Crippen molar-refractivity contribution in [3.05, 3.63) is 21.6 Å². The van der Waals surface area contributed by atoms with Gasteiger partial charge in [-0.1, -0.05) is 0 Å². The predicted molar refractivity (Wildman–Crippen MR) is 42.2 cm³/mol. The lowest BCUT2D eigenvalue weighted by molar-refractivity contribution is -0.120. The first kappa shape index (κ1) is 8.54. The van der Waals surface area contributed by atoms with E-state index >= 15 is 0 Å². The molecule has 6 nitrogen and oxygen atoms in total. The average Bonchev–Trinajstić information content (AvgIpc) is 2.35. The first-order chi connectivity index (χ1) is 5.65. The number of amides is 1. The van der Waals surface area contributed by atoms with E-state index in [2.05, 4.69) is 10.2 Å². The third kappa shape index (κ3) is 1.54. The van der Waals surface area contributed by atoms with E-state index in [0.29, 0.717) is 11.3 Å². The van der Waals surface area contributed by atoms with E-state index in [1.54, 1.807) is 6.92 Å². The van der Waals surface area contributed by atoms with Crippen LogP contribution in [0.5, 0.6) is 0 Å². The van der Waals surface area contributed by atoms with E-state index in [9.17, 15) is 9.59 Å². The number of hydrazine groups is 1. The molecular weight excluding hydrogens is 160 g/mol. The Morgan fingerprint density at radius 3 is 2.67 bits per heavy atom. The van der Waals surface area contributed by atoms with Gasteiger partial charge in [-0.3, -0.25) is 20.1 Å². The Kier molecular flexibility index (Phi) is 2.29. The number of H-pyrrole nitrogens is 2. The minimum Gasteiger partial charge on any atom is -0.302 e. The fourth-order valence-corrected chi connectivity index (χ4v) is 0.896. The third-order valence-electron chi connectivity index (χ3n) is 1.59. The molecule has 0 aliphatic heterocycles. The van der Waals surface area contributed by atoms with Crippen molar-refractivity contribution >= 4 is 5.91 Å². The molecule has 0 atom stereocenters. The summed E-state index contributed by atoms with van der Waals surface area (Å²) in [6.07, 6.45) is 0.00116. The Morgan fingerprint density at radius 1 is 1.58 bits per heavy atom. The summed E-state index contributed by atoms with van der Waals surface area (Å²) < 4.78 is 0. The Bertz CT molecular complexity index is 338. The summed E-state index contributed by atoms with van der Waals surface area (Å²) in [4.78, 5) is 21.8. The van der Waals surface area contributed by atoms with Gasteiger partial charge in [-0.25, -0.2) is 5.84 Å². The van der Waals surface area contributed by atoms with Gasteiger partial charge in [0.2, 0.25) is 5.91 Å². The molecule has 0 radical (unpaired) electrons. The zero-order chi connectivity index (χ0) is 9.14. The van der Waals surface area contributed by atoms with Gasteiger partial charge in [0.25, 0.3) is 5.56 Å². The van der Waals surface area contributed by atoms with E-state index in [1.807, 2.05) is 5.43 Å². The molecule has 1 aromatic rings. The van der Waals surface area contributed by atoms with Crippen LogP contribution in [0.1, 0.15) is 11.3 Å². The van der Waals surface area contributed by atoms with Crippen LogP contribution in [0.15, 0.2) is 4.79 Å². The minimum atomic E-state index is -0.386. The predicted octanol–water partition coefficient (Wildman–Crippen LogP) is -1.46. The number of hydrogen-bond acceptors (Lipinski definition) is 3. The summed E-state index contributed by atoms with van der Waals surface area (Å²) >= 11 is 0. The van der Waals surface area contributed by atoms with E-state index in [1.165, 1.54) is 0 Å². The first-order valence-corrected chi connectivity index (χ1v) is 3.40. The van der Waals surface area contributed by atoms with Crippen molar-refractivity contribution in [3.8, 4) is 0 Å². The Hall–Kier alpha value is -1.56. The molecule has 0 saturated carbocycles. The van der Waals surface area contributed by atoms with Gasteiger partial charge in [0.15, 0.2) is 0 Å². The molecule has 1 rings (SSSR count). The van der Waals surface area contributed by atoms with Gasteiger partial charge < -0.3 is 5.10 Å². The molecule has 12 heavy (non-hydrogen) atoms. The highest BCUT2D eigenvalue weighted by molar-refractivity contribution is 5.77. The number of rotatable bonds is 2. The summed E-state index contributed by atoms with van der Waals surface area (Å²) in [7, 11) is 0. The lowest BCUT2D eigenvalue weighted by Crippen LogP contribution is -2.32. The van der Waals surface area contributed by atoms with E-state index in [-0.39, 0.29) is 17.9 Å². The smallest absolute Gasteiger partial charge is 0.267 e. The van der Waals surface area contributed by atoms with Gasteiger partial charge in [0.05, 0.1) is 6.42 Å². The van der Waals surface area contributed by atoms with Crippen LogP contribution in [-0.2, 0) is 11.2 Å². The second-order valence-corrected chi connectivity index (χ2v) is 2.43. The number of nitrogens with one attached hydrogen (secondary N) is 3. The summed E-state index contributed by atoms with van der Waals surface area (Å²) in [5.74, 6) is 4.48. The van der Waals surface area contributed by atoms with Gasteiger partial charge in [0.1, 0.15) is 0 Å². The molecule has 0 spiro atoms. The molecule has 0 aliphatic rings. The van der Waals surface area contributed by atoms with Gasteiger partial charge in [-0.2, -0.15) is 0 Å². The van der Waals surface area contributed by atoms with Crippen molar-refractivity contribution in [3.63, 3.8) is 0 Å². The van der Waals surface area contributed by atoms with E-state index in [0.717, 1.165) is 0 Å². The number of aryl methyl sites for hydroxylation is 1. The highest BCUT2D eigenvalue weighted by atomic mass is 16.2. The van der Waals surface area contributed by atoms with Gasteiger partial charge in [-0.05, 0) is 6.92 Å². The van der Waals surface area contributed by atoms with Crippen LogP contribution in [0.3, 0.4) is 0 Å². The van der Waals surface area contributed by atoms with Gasteiger partial charge in [0, 0.05) is 11.3 Å². The van der Waals surface area contributed by atoms with Crippen LogP contribution >= 0.6 is 0 Å². The molecular formula is C6H10N4O2. The minimum absolute atomic E-state index is 0.00116. The lowest BCUT2D eigenvalue weighted by Gasteiger charge is -1.95. The number of aromatic amines is 2. The molecule has 0 aromatic carbocycles. The highest BCUT2D eigenvalue weighted by Gasteiger charge is 2.09. The maximum absolute atomic E-state index is 11.0. The molecule has 6 heteroatoms. The zero-order valence-electron chi connectivity index (χ0n) is 6.60. The van der Waals surface area contributed by atoms with Crippen molar-refractivity contribution in [2.75, 3.05) is 0 Å². The summed E-state index contributed by atoms with van der Waals surface area (Å²) in [6, 6.07) is 0. The van der Waals surface area contributed by atoms with Crippen LogP contribution in [0.25, 0.3) is 0 Å². The number of carbonyl (C=O) groups excluding carboxylic acids is 1. The van der Waals surface area contributed by atoms with Crippen LogP contribution in [0.4, 0.5) is 0 Å². The fraction of sp³-hybridized carbons (Fsp3) is 0.333. The topological polar surface area (TPSA) is 104 Å². The molecule has 66 valence electrons. The zero-order valence-corrected chi connectivity index (χ0v) is 6.60. The first-order valence-electron chi connectivity index (χ1n) is 3.40. The largest absolute Gasteiger partial charge is 0.302 e. The average molecular weight is 170 g/mol. The van der Waals surface area contributed by atoms with Crippen molar-refractivity contribution in [2.45, 2.75) is 13.3 Å². The molecule has 0 fully saturated rings. The highest BCUT2D eigenvalue weighted by Crippen LogP contribution is 1.96. The molecule has 0 bridgehead atoms.